The van der Waals surface area contributed by atoms with Gasteiger partial charge in [0.25, 0.3) is 0 Å². The van der Waals surface area contributed by atoms with E-state index in [0.717, 1.165) is 0 Å². The molecule has 0 heterocycles. The third kappa shape index (κ3) is 5.11. The van der Waals surface area contributed by atoms with E-state index in [-0.39, 0.29) is 5.02 Å². The van der Waals surface area contributed by atoms with Gasteiger partial charge in [-0.2, -0.15) is 11.8 Å². The maximum atomic E-state index is 11.8. The Bertz CT molecular complexity index is 500. The van der Waals surface area contributed by atoms with Crippen LogP contribution in [0.25, 0.3) is 0 Å². The van der Waals surface area contributed by atoms with Gasteiger partial charge in [0.1, 0.15) is 6.04 Å². The Hall–Kier alpha value is -1.11. The third-order valence-electron chi connectivity index (χ3n) is 2.41. The number of nitrogens with one attached hydrogen (secondary N) is 2. The monoisotopic (exact) mass is 336 g/mol. The van der Waals surface area contributed by atoms with Crippen LogP contribution in [0.2, 0.25) is 10.0 Å². The molecule has 0 aliphatic rings. The highest BCUT2D eigenvalue weighted by Crippen LogP contribution is 2.29. The molecule has 2 amide bonds. The topological polar surface area (TPSA) is 78.4 Å². The number of benzene rings is 1. The maximum absolute atomic E-state index is 11.8. The maximum Gasteiger partial charge on any atom is 0.326 e. The molecular weight excluding hydrogens is 323 g/mol. The first-order chi connectivity index (χ1) is 9.45. The Labute approximate surface area is 131 Å². The minimum absolute atomic E-state index is 0.209. The van der Waals surface area contributed by atoms with Crippen molar-refractivity contribution in [1.82, 2.24) is 5.32 Å². The molecule has 0 spiro atoms. The van der Waals surface area contributed by atoms with Crippen LogP contribution in [0.1, 0.15) is 6.42 Å². The van der Waals surface area contributed by atoms with Gasteiger partial charge in [-0.1, -0.05) is 29.3 Å². The lowest BCUT2D eigenvalue weighted by molar-refractivity contribution is -0.139. The number of amides is 2. The molecule has 5 nitrogen and oxygen atoms in total. The highest BCUT2D eigenvalue weighted by molar-refractivity contribution is 7.98. The van der Waals surface area contributed by atoms with Gasteiger partial charge in [0, 0.05) is 0 Å². The molecule has 3 N–H and O–H groups in total. The Morgan fingerprint density at radius 2 is 2.10 bits per heavy atom. The van der Waals surface area contributed by atoms with Gasteiger partial charge in [0.15, 0.2) is 0 Å². The van der Waals surface area contributed by atoms with E-state index < -0.39 is 18.0 Å². The second-order valence-electron chi connectivity index (χ2n) is 3.87. The summed E-state index contributed by atoms with van der Waals surface area (Å²) < 4.78 is 0. The summed E-state index contributed by atoms with van der Waals surface area (Å²) in [5.74, 6) is -0.443. The van der Waals surface area contributed by atoms with Crippen LogP contribution in [-0.4, -0.2) is 35.2 Å². The highest BCUT2D eigenvalue weighted by Gasteiger charge is 2.19. The number of carboxylic acids is 1. The van der Waals surface area contributed by atoms with E-state index in [1.165, 1.54) is 11.8 Å². The van der Waals surface area contributed by atoms with Crippen LogP contribution in [0.3, 0.4) is 0 Å². The second kappa shape index (κ2) is 8.24. The molecule has 20 heavy (non-hydrogen) atoms. The number of hydrogen-bond donors (Lipinski definition) is 3. The summed E-state index contributed by atoms with van der Waals surface area (Å²) in [6.45, 7) is 0. The lowest BCUT2D eigenvalue weighted by Gasteiger charge is -2.15. The number of halogens is 2. The Morgan fingerprint density at radius 3 is 2.70 bits per heavy atom. The largest absolute Gasteiger partial charge is 0.480 e. The van der Waals surface area contributed by atoms with E-state index in [9.17, 15) is 9.59 Å². The predicted molar refractivity (Wildman–Crippen MR) is 83.0 cm³/mol. The number of thioether (sulfide) groups is 1. The van der Waals surface area contributed by atoms with Gasteiger partial charge in [-0.3, -0.25) is 0 Å². The van der Waals surface area contributed by atoms with Crippen molar-refractivity contribution in [2.75, 3.05) is 17.3 Å². The molecule has 1 aromatic rings. The molecule has 0 radical (unpaired) electrons. The van der Waals surface area contributed by atoms with Gasteiger partial charge >= 0.3 is 12.0 Å². The van der Waals surface area contributed by atoms with Gasteiger partial charge in [-0.15, -0.1) is 0 Å². The van der Waals surface area contributed by atoms with Crippen molar-refractivity contribution in [2.45, 2.75) is 12.5 Å². The zero-order valence-electron chi connectivity index (χ0n) is 10.7. The summed E-state index contributed by atoms with van der Waals surface area (Å²) in [7, 11) is 0. The van der Waals surface area contributed by atoms with E-state index in [0.29, 0.717) is 22.9 Å². The quantitative estimate of drug-likeness (QED) is 0.744. The van der Waals surface area contributed by atoms with Crippen molar-refractivity contribution in [2.24, 2.45) is 0 Å². The number of anilines is 1. The summed E-state index contributed by atoms with van der Waals surface area (Å²) >= 11 is 13.3. The Kier molecular flexibility index (Phi) is 6.98. The van der Waals surface area contributed by atoms with E-state index in [1.54, 1.807) is 18.2 Å². The fraction of sp³-hybridized carbons (Fsp3) is 0.333. The zero-order chi connectivity index (χ0) is 15.1. The molecule has 0 aromatic heterocycles. The smallest absolute Gasteiger partial charge is 0.326 e. The fourth-order valence-electron chi connectivity index (χ4n) is 1.41. The van der Waals surface area contributed by atoms with Crippen LogP contribution in [-0.2, 0) is 4.79 Å². The highest BCUT2D eigenvalue weighted by atomic mass is 35.5. The van der Waals surface area contributed by atoms with E-state index >= 15 is 0 Å². The lowest BCUT2D eigenvalue weighted by atomic mass is 10.2. The van der Waals surface area contributed by atoms with Crippen molar-refractivity contribution in [1.29, 1.82) is 0 Å². The van der Waals surface area contributed by atoms with E-state index in [4.69, 9.17) is 28.3 Å². The number of carbonyl (C=O) groups is 2. The molecule has 1 rings (SSSR count). The first kappa shape index (κ1) is 16.9. The van der Waals surface area contributed by atoms with Gasteiger partial charge in [-0.05, 0) is 30.6 Å². The molecule has 110 valence electrons. The van der Waals surface area contributed by atoms with Crippen molar-refractivity contribution in [3.8, 4) is 0 Å². The van der Waals surface area contributed by atoms with Crippen molar-refractivity contribution < 1.29 is 14.7 Å². The van der Waals surface area contributed by atoms with Crippen molar-refractivity contribution in [3.63, 3.8) is 0 Å². The standard InChI is InChI=1S/C12H14Cl2N2O3S/c1-20-6-5-9(11(17)18)16-12(19)15-8-4-2-3-7(13)10(8)14/h2-4,9H,5-6H2,1H3,(H,17,18)(H2,15,16,19)/t9-/m0/s1. The Balaban J connectivity index is 2.66. The SMILES string of the molecule is CSCC[C@H](NC(=O)Nc1cccc(Cl)c1Cl)C(=O)O. The number of aliphatic carboxylic acids is 1. The number of carboxylic acid groups (broad SMARTS) is 1. The van der Waals surface area contributed by atoms with Crippen LogP contribution >= 0.6 is 35.0 Å². The van der Waals surface area contributed by atoms with Gasteiger partial charge in [-0.25, -0.2) is 9.59 Å². The average molecular weight is 337 g/mol. The molecule has 0 fully saturated rings. The second-order valence-corrected chi connectivity index (χ2v) is 5.64. The first-order valence-corrected chi connectivity index (χ1v) is 7.84. The predicted octanol–water partition coefficient (Wildman–Crippen LogP) is 3.32. The molecular formula is C12H14Cl2N2O3S. The zero-order valence-corrected chi connectivity index (χ0v) is 13.0. The van der Waals surface area contributed by atoms with Crippen LogP contribution in [0.4, 0.5) is 10.5 Å². The number of urea groups is 1. The molecule has 0 unspecified atom stereocenters. The minimum Gasteiger partial charge on any atom is -0.480 e. The molecule has 8 heteroatoms. The molecule has 0 saturated heterocycles. The molecule has 1 atom stereocenters. The number of hydrogen-bond acceptors (Lipinski definition) is 3. The molecule has 0 bridgehead atoms. The number of carbonyl (C=O) groups excluding carboxylic acids is 1. The normalized spacial score (nSPS) is 11.8. The summed E-state index contributed by atoms with van der Waals surface area (Å²) in [5, 5.41) is 14.4. The first-order valence-electron chi connectivity index (χ1n) is 5.69. The van der Waals surface area contributed by atoms with Crippen LogP contribution in [0, 0.1) is 0 Å². The van der Waals surface area contributed by atoms with Crippen LogP contribution in [0.5, 0.6) is 0 Å². The third-order valence-corrected chi connectivity index (χ3v) is 3.88. The fourth-order valence-corrected chi connectivity index (χ4v) is 2.23. The Morgan fingerprint density at radius 1 is 1.40 bits per heavy atom. The molecule has 1 aromatic carbocycles. The van der Waals surface area contributed by atoms with Crippen molar-refractivity contribution in [3.05, 3.63) is 28.2 Å². The van der Waals surface area contributed by atoms with Crippen molar-refractivity contribution >= 4 is 52.7 Å². The summed E-state index contributed by atoms with van der Waals surface area (Å²) in [4.78, 5) is 22.8. The van der Waals surface area contributed by atoms with Gasteiger partial charge < -0.3 is 15.7 Å². The van der Waals surface area contributed by atoms with Crippen LogP contribution in [0.15, 0.2) is 18.2 Å². The van der Waals surface area contributed by atoms with E-state index in [2.05, 4.69) is 10.6 Å². The average Bonchev–Trinajstić information content (AvgIpc) is 2.39. The van der Waals surface area contributed by atoms with Crippen LogP contribution < -0.4 is 10.6 Å². The minimum atomic E-state index is -1.08. The van der Waals surface area contributed by atoms with Gasteiger partial charge in [0.2, 0.25) is 0 Å². The summed E-state index contributed by atoms with van der Waals surface area (Å²) in [6.07, 6.45) is 2.21. The summed E-state index contributed by atoms with van der Waals surface area (Å²) in [6, 6.07) is 3.21. The van der Waals surface area contributed by atoms with E-state index in [1.807, 2.05) is 6.26 Å². The molecule has 0 saturated carbocycles. The summed E-state index contributed by atoms with van der Waals surface area (Å²) in [5.41, 5.74) is 0.325. The molecule has 0 aliphatic heterocycles. The molecule has 0 aliphatic carbocycles. The number of rotatable bonds is 6. The lowest BCUT2D eigenvalue weighted by Crippen LogP contribution is -2.43. The van der Waals surface area contributed by atoms with Gasteiger partial charge in [0.05, 0.1) is 15.7 Å².